The third-order valence-corrected chi connectivity index (χ3v) is 2.03. The summed E-state index contributed by atoms with van der Waals surface area (Å²) in [7, 11) is 0. The quantitative estimate of drug-likeness (QED) is 0.511. The fraction of sp³-hybridized carbons (Fsp3) is 0.455. The molecule has 0 saturated carbocycles. The number of nitriles is 2. The van der Waals surface area contributed by atoms with E-state index in [-0.39, 0.29) is 17.8 Å². The predicted molar refractivity (Wildman–Crippen MR) is 53.0 cm³/mol. The highest BCUT2D eigenvalue weighted by atomic mass is 16.1. The fourth-order valence-corrected chi connectivity index (χ4v) is 0.823. The summed E-state index contributed by atoms with van der Waals surface area (Å²) < 4.78 is 0. The summed E-state index contributed by atoms with van der Waals surface area (Å²) in [4.78, 5) is 22.0. The number of carbonyl (C=O) groups is 1. The van der Waals surface area contributed by atoms with E-state index >= 15 is 0 Å². The van der Waals surface area contributed by atoms with Gasteiger partial charge in [-0.15, -0.1) is 0 Å². The monoisotopic (exact) mass is 203 g/mol. The summed E-state index contributed by atoms with van der Waals surface area (Å²) in [6.45, 7) is 4.43. The van der Waals surface area contributed by atoms with Crippen molar-refractivity contribution < 1.29 is 9.59 Å². The van der Waals surface area contributed by atoms with Crippen LogP contribution >= 0.6 is 0 Å². The highest BCUT2D eigenvalue weighted by Gasteiger charge is 2.28. The third kappa shape index (κ3) is 3.36. The minimum atomic E-state index is -1.18. The molecule has 0 bridgehead atoms. The van der Waals surface area contributed by atoms with Crippen molar-refractivity contribution in [1.82, 2.24) is 0 Å². The van der Waals surface area contributed by atoms with Gasteiger partial charge in [-0.25, -0.2) is 0 Å². The smallest absolute Gasteiger partial charge is 0.212 e. The Morgan fingerprint density at radius 2 is 1.73 bits per heavy atom. The number of ketones is 1. The standard InChI is InChI=1S/C11H11N2O2/c1-8(9(5-12)6-13)4-10(15)11(2,3)7-14/h4H2,1-3H3. The second-order valence-electron chi connectivity index (χ2n) is 3.71. The first-order valence-electron chi connectivity index (χ1n) is 4.31. The van der Waals surface area contributed by atoms with E-state index in [0.29, 0.717) is 5.57 Å². The van der Waals surface area contributed by atoms with Crippen molar-refractivity contribution >= 4 is 12.1 Å². The van der Waals surface area contributed by atoms with Crippen LogP contribution in [0.15, 0.2) is 11.1 Å². The lowest BCUT2D eigenvalue weighted by Gasteiger charge is -2.13. The number of Topliss-reactive ketones (excluding diaryl/α,β-unsaturated/α-hetero) is 1. The van der Waals surface area contributed by atoms with E-state index in [9.17, 15) is 9.59 Å². The average molecular weight is 203 g/mol. The molecule has 0 heterocycles. The Bertz CT molecular complexity index is 376. The van der Waals surface area contributed by atoms with Crippen LogP contribution in [0.5, 0.6) is 0 Å². The van der Waals surface area contributed by atoms with Gasteiger partial charge in [0.1, 0.15) is 23.5 Å². The fourth-order valence-electron chi connectivity index (χ4n) is 0.823. The van der Waals surface area contributed by atoms with Crippen molar-refractivity contribution in [2.45, 2.75) is 27.2 Å². The van der Waals surface area contributed by atoms with Gasteiger partial charge in [-0.3, -0.25) is 9.59 Å². The molecule has 0 aliphatic carbocycles. The number of hydrogen-bond acceptors (Lipinski definition) is 4. The number of allylic oxidation sites excluding steroid dienone is 2. The van der Waals surface area contributed by atoms with E-state index in [0.717, 1.165) is 0 Å². The van der Waals surface area contributed by atoms with Gasteiger partial charge < -0.3 is 0 Å². The average Bonchev–Trinajstić information content (AvgIpc) is 2.19. The molecule has 1 radical (unpaired) electrons. The van der Waals surface area contributed by atoms with Crippen molar-refractivity contribution in [1.29, 1.82) is 10.5 Å². The van der Waals surface area contributed by atoms with Crippen LogP contribution in [0.2, 0.25) is 0 Å². The van der Waals surface area contributed by atoms with Crippen molar-refractivity contribution in [2.24, 2.45) is 5.41 Å². The molecule has 77 valence electrons. The number of carbonyl (C=O) groups excluding carboxylic acids is 2. The second kappa shape index (κ2) is 5.07. The van der Waals surface area contributed by atoms with Crippen molar-refractivity contribution in [3.63, 3.8) is 0 Å². The van der Waals surface area contributed by atoms with Crippen LogP contribution in [0, 0.1) is 28.1 Å². The number of rotatable bonds is 4. The third-order valence-electron chi connectivity index (χ3n) is 2.03. The highest BCUT2D eigenvalue weighted by Crippen LogP contribution is 2.19. The Hall–Kier alpha value is -1.94. The van der Waals surface area contributed by atoms with E-state index in [1.807, 2.05) is 0 Å². The van der Waals surface area contributed by atoms with Crippen molar-refractivity contribution in [2.75, 3.05) is 0 Å². The lowest BCUT2D eigenvalue weighted by Crippen LogP contribution is -2.25. The van der Waals surface area contributed by atoms with E-state index in [4.69, 9.17) is 10.5 Å². The van der Waals surface area contributed by atoms with Gasteiger partial charge in [0, 0.05) is 6.42 Å². The van der Waals surface area contributed by atoms with Gasteiger partial charge in [-0.05, 0) is 26.3 Å². The first kappa shape index (κ1) is 13.1. The van der Waals surface area contributed by atoms with Gasteiger partial charge >= 0.3 is 0 Å². The molecule has 0 aromatic carbocycles. The Kier molecular flexibility index (Phi) is 4.41. The molecule has 0 rings (SSSR count). The summed E-state index contributed by atoms with van der Waals surface area (Å²) in [6.07, 6.45) is 1.56. The normalized spacial score (nSPS) is 9.67. The maximum absolute atomic E-state index is 11.5. The number of nitrogens with zero attached hydrogens (tertiary/aromatic N) is 2. The molecule has 0 fully saturated rings. The molecule has 15 heavy (non-hydrogen) atoms. The molecule has 0 aromatic rings. The van der Waals surface area contributed by atoms with Gasteiger partial charge in [-0.2, -0.15) is 10.5 Å². The van der Waals surface area contributed by atoms with Crippen molar-refractivity contribution in [3.8, 4) is 12.1 Å². The zero-order valence-corrected chi connectivity index (χ0v) is 8.92. The van der Waals surface area contributed by atoms with Gasteiger partial charge in [0.2, 0.25) is 6.29 Å². The summed E-state index contributed by atoms with van der Waals surface area (Å²) >= 11 is 0. The molecule has 0 atom stereocenters. The second-order valence-corrected chi connectivity index (χ2v) is 3.71. The van der Waals surface area contributed by atoms with E-state index < -0.39 is 5.41 Å². The van der Waals surface area contributed by atoms with E-state index in [1.54, 1.807) is 18.4 Å². The van der Waals surface area contributed by atoms with Crippen LogP contribution < -0.4 is 0 Å². The lowest BCUT2D eigenvalue weighted by molar-refractivity contribution is -0.123. The van der Waals surface area contributed by atoms with Gasteiger partial charge in [-0.1, -0.05) is 0 Å². The molecule has 0 aliphatic rings. The Morgan fingerprint density at radius 1 is 1.27 bits per heavy atom. The molecule has 4 heteroatoms. The molecule has 0 N–H and O–H groups in total. The van der Waals surface area contributed by atoms with Crippen LogP contribution in [-0.2, 0) is 9.59 Å². The topological polar surface area (TPSA) is 81.7 Å². The highest BCUT2D eigenvalue weighted by molar-refractivity contribution is 5.98. The molecule has 0 aromatic heterocycles. The van der Waals surface area contributed by atoms with Gasteiger partial charge in [0.15, 0.2) is 0 Å². The summed E-state index contributed by atoms with van der Waals surface area (Å²) in [5, 5.41) is 17.1. The largest absolute Gasteiger partial charge is 0.298 e. The maximum Gasteiger partial charge on any atom is 0.212 e. The summed E-state index contributed by atoms with van der Waals surface area (Å²) in [5.74, 6) is -0.349. The summed E-state index contributed by atoms with van der Waals surface area (Å²) in [6, 6.07) is 3.39. The van der Waals surface area contributed by atoms with Crippen LogP contribution in [0.1, 0.15) is 27.2 Å². The lowest BCUT2D eigenvalue weighted by atomic mass is 9.86. The molecule has 0 spiro atoms. The SMILES string of the molecule is CC(CC(=O)C(C)(C)[C]=O)=C(C#N)C#N. The summed E-state index contributed by atoms with van der Waals surface area (Å²) in [5.41, 5.74) is -0.879. The molecule has 0 unspecified atom stereocenters. The molecule has 0 amide bonds. The van der Waals surface area contributed by atoms with Crippen LogP contribution in [0.4, 0.5) is 0 Å². The Morgan fingerprint density at radius 3 is 2.07 bits per heavy atom. The van der Waals surface area contributed by atoms with Gasteiger partial charge in [0.05, 0.1) is 5.41 Å². The Balaban J connectivity index is 4.89. The molecular weight excluding hydrogens is 192 g/mol. The van der Waals surface area contributed by atoms with Crippen LogP contribution in [0.3, 0.4) is 0 Å². The predicted octanol–water partition coefficient (Wildman–Crippen LogP) is 1.45. The zero-order valence-electron chi connectivity index (χ0n) is 8.92. The molecular formula is C11H11N2O2. The van der Waals surface area contributed by atoms with Crippen molar-refractivity contribution in [3.05, 3.63) is 11.1 Å². The van der Waals surface area contributed by atoms with Crippen LogP contribution in [0.25, 0.3) is 0 Å². The van der Waals surface area contributed by atoms with E-state index in [1.165, 1.54) is 20.8 Å². The molecule has 0 saturated heterocycles. The first-order chi connectivity index (χ1) is 6.88. The van der Waals surface area contributed by atoms with Crippen LogP contribution in [-0.4, -0.2) is 12.1 Å². The minimum absolute atomic E-state index is 0.0707. The Labute approximate surface area is 88.8 Å². The number of hydrogen-bond donors (Lipinski definition) is 0. The minimum Gasteiger partial charge on any atom is -0.298 e. The molecule has 0 aliphatic heterocycles. The van der Waals surface area contributed by atoms with E-state index in [2.05, 4.69) is 0 Å². The molecule has 4 nitrogen and oxygen atoms in total. The zero-order chi connectivity index (χ0) is 12.1. The van der Waals surface area contributed by atoms with Gasteiger partial charge in [0.25, 0.3) is 0 Å². The maximum atomic E-state index is 11.5. The first-order valence-corrected chi connectivity index (χ1v) is 4.31.